The quantitative estimate of drug-likeness (QED) is 0.180. The number of benzene rings is 5. The van der Waals surface area contributed by atoms with Crippen LogP contribution in [0.5, 0.6) is 0 Å². The zero-order valence-corrected chi connectivity index (χ0v) is 21.1. The minimum Gasteiger partial charge on any atom is -0.274 e. The molecule has 0 fully saturated rings. The van der Waals surface area contributed by atoms with Gasteiger partial charge in [0.05, 0.1) is 11.2 Å². The molecule has 0 N–H and O–H groups in total. The maximum atomic E-state index is 14.6. The second-order valence-electron chi connectivity index (χ2n) is 9.73. The van der Waals surface area contributed by atoms with Gasteiger partial charge in [-0.05, 0) is 40.6 Å². The Morgan fingerprint density at radius 1 is 0.474 bits per heavy atom. The lowest BCUT2D eigenvalue weighted by Gasteiger charge is -2.23. The zero-order valence-electron chi connectivity index (χ0n) is 21.1. The third-order valence-corrected chi connectivity index (χ3v) is 7.50. The van der Waals surface area contributed by atoms with Crippen LogP contribution in [0.25, 0.3) is 60.6 Å². The number of hydrogen-bond acceptors (Lipinski definition) is 1. The topological polar surface area (TPSA) is 21.5 Å². The summed E-state index contributed by atoms with van der Waals surface area (Å²) >= 11 is 0. The number of aromatic nitrogens is 1. The Morgan fingerprint density at radius 2 is 0.974 bits per heavy atom. The first kappa shape index (κ1) is 22.3. The molecular formula is C36H25NO. The van der Waals surface area contributed by atoms with E-state index in [0.717, 1.165) is 66.1 Å². The largest absolute Gasteiger partial charge is 0.274 e. The van der Waals surface area contributed by atoms with Crippen LogP contribution in [0, 0.1) is 6.92 Å². The summed E-state index contributed by atoms with van der Waals surface area (Å²) in [5.41, 5.74) is 8.30. The molecule has 0 radical (unpaired) electrons. The fourth-order valence-electron chi connectivity index (χ4n) is 5.90. The van der Waals surface area contributed by atoms with Crippen LogP contribution in [-0.2, 0) is 0 Å². The number of fused-ring (bicyclic) bond motifs is 4. The van der Waals surface area contributed by atoms with Crippen LogP contribution in [0.15, 0.2) is 138 Å². The van der Waals surface area contributed by atoms with E-state index in [2.05, 4.69) is 97.9 Å². The molecule has 7 aromatic rings. The molecule has 38 heavy (non-hydrogen) atoms. The molecule has 0 unspecified atom stereocenters. The lowest BCUT2D eigenvalue weighted by Crippen LogP contribution is -2.18. The lowest BCUT2D eigenvalue weighted by atomic mass is 9.88. The van der Waals surface area contributed by atoms with E-state index in [4.69, 9.17) is 0 Å². The third kappa shape index (κ3) is 3.31. The van der Waals surface area contributed by atoms with E-state index in [1.807, 2.05) is 46.9 Å². The van der Waals surface area contributed by atoms with Crippen molar-refractivity contribution < 1.29 is 0 Å². The first-order chi connectivity index (χ1) is 18.7. The summed E-state index contributed by atoms with van der Waals surface area (Å²) in [6, 6.07) is 45.8. The predicted octanol–water partition coefficient (Wildman–Crippen LogP) is 8.92. The molecule has 2 aromatic heterocycles. The molecule has 0 saturated heterocycles. The van der Waals surface area contributed by atoms with Crippen molar-refractivity contribution in [3.05, 3.63) is 149 Å². The molecule has 2 nitrogen and oxygen atoms in total. The molecule has 0 aliphatic rings. The maximum absolute atomic E-state index is 14.6. The Hall–Kier alpha value is -4.95. The molecule has 2 heteroatoms. The molecule has 0 bridgehead atoms. The van der Waals surface area contributed by atoms with Gasteiger partial charge in [0.2, 0.25) is 0 Å². The highest BCUT2D eigenvalue weighted by Gasteiger charge is 2.24. The van der Waals surface area contributed by atoms with Crippen molar-refractivity contribution in [3.63, 3.8) is 0 Å². The molecular weight excluding hydrogens is 462 g/mol. The van der Waals surface area contributed by atoms with Crippen molar-refractivity contribution in [1.82, 2.24) is 4.40 Å². The van der Waals surface area contributed by atoms with E-state index in [9.17, 15) is 4.79 Å². The first-order valence-corrected chi connectivity index (χ1v) is 12.9. The molecule has 0 aliphatic heterocycles. The van der Waals surface area contributed by atoms with E-state index in [1.54, 1.807) is 0 Å². The number of nitrogens with zero attached hydrogens (tertiary/aromatic N) is 1. The van der Waals surface area contributed by atoms with Crippen molar-refractivity contribution in [2.75, 3.05) is 0 Å². The van der Waals surface area contributed by atoms with Crippen molar-refractivity contribution in [2.45, 2.75) is 6.92 Å². The highest BCUT2D eigenvalue weighted by molar-refractivity contribution is 6.18. The molecule has 0 atom stereocenters. The molecule has 2 heterocycles. The van der Waals surface area contributed by atoms with Gasteiger partial charge in [-0.3, -0.25) is 9.20 Å². The summed E-state index contributed by atoms with van der Waals surface area (Å²) in [6.07, 6.45) is 0. The van der Waals surface area contributed by atoms with Gasteiger partial charge in [-0.25, -0.2) is 0 Å². The Balaban J connectivity index is 1.87. The smallest absolute Gasteiger partial charge is 0.263 e. The lowest BCUT2D eigenvalue weighted by molar-refractivity contribution is 1.14. The van der Waals surface area contributed by atoms with Gasteiger partial charge in [0, 0.05) is 27.3 Å². The molecule has 0 aliphatic carbocycles. The molecule has 0 saturated carbocycles. The van der Waals surface area contributed by atoms with Gasteiger partial charge in [-0.2, -0.15) is 0 Å². The van der Waals surface area contributed by atoms with Gasteiger partial charge < -0.3 is 0 Å². The summed E-state index contributed by atoms with van der Waals surface area (Å²) in [5, 5.41) is 3.93. The minimum absolute atomic E-state index is 0.000156. The summed E-state index contributed by atoms with van der Waals surface area (Å²) in [6.45, 7) is 2.10. The van der Waals surface area contributed by atoms with E-state index >= 15 is 0 Å². The highest BCUT2D eigenvalue weighted by atomic mass is 16.1. The summed E-state index contributed by atoms with van der Waals surface area (Å²) in [5.74, 6) is 0. The Bertz CT molecular complexity index is 2020. The van der Waals surface area contributed by atoms with Gasteiger partial charge in [0.1, 0.15) is 0 Å². The van der Waals surface area contributed by atoms with E-state index < -0.39 is 0 Å². The number of rotatable bonds is 3. The minimum atomic E-state index is 0.000156. The van der Waals surface area contributed by atoms with E-state index in [-0.39, 0.29) is 5.56 Å². The molecule has 7 rings (SSSR count). The number of aryl methyl sites for hydroxylation is 1. The molecule has 180 valence electrons. The van der Waals surface area contributed by atoms with Crippen LogP contribution in [-0.4, -0.2) is 4.40 Å². The number of hydrogen-bond donors (Lipinski definition) is 0. The Morgan fingerprint density at radius 3 is 1.61 bits per heavy atom. The second kappa shape index (κ2) is 8.86. The van der Waals surface area contributed by atoms with Gasteiger partial charge in [0.15, 0.2) is 0 Å². The predicted molar refractivity (Wildman–Crippen MR) is 160 cm³/mol. The monoisotopic (exact) mass is 487 g/mol. The maximum Gasteiger partial charge on any atom is 0.263 e. The normalized spacial score (nSPS) is 11.4. The number of pyridine rings is 2. The van der Waals surface area contributed by atoms with E-state index in [1.165, 1.54) is 0 Å². The standard InChI is InChI=1S/C36H25NO/c1-24-14-13-23-30-31(24)33(26-17-7-3-8-18-26)35-29-22-12-11-21-28(29)32(25-15-5-2-6-16-25)34(37(35)36(30)38)27-19-9-4-10-20-27/h2-23H,1H3. The van der Waals surface area contributed by atoms with E-state index in [0.29, 0.717) is 0 Å². The molecule has 0 amide bonds. The first-order valence-electron chi connectivity index (χ1n) is 12.9. The van der Waals surface area contributed by atoms with Gasteiger partial charge in [0.25, 0.3) is 5.56 Å². The van der Waals surface area contributed by atoms with Crippen LogP contribution in [0.3, 0.4) is 0 Å². The van der Waals surface area contributed by atoms with Crippen LogP contribution in [0.4, 0.5) is 0 Å². The van der Waals surface area contributed by atoms with Gasteiger partial charge in [-0.15, -0.1) is 0 Å². The van der Waals surface area contributed by atoms with Crippen molar-refractivity contribution in [1.29, 1.82) is 0 Å². The fraction of sp³-hybridized carbons (Fsp3) is 0.0278. The van der Waals surface area contributed by atoms with Gasteiger partial charge in [-0.1, -0.05) is 127 Å². The zero-order chi connectivity index (χ0) is 25.6. The fourth-order valence-corrected chi connectivity index (χ4v) is 5.90. The van der Waals surface area contributed by atoms with Crippen LogP contribution >= 0.6 is 0 Å². The SMILES string of the molecule is Cc1cccc2c(=O)n3c(-c4ccccc4)c(-c4ccccc4)c4ccccc4c3c(-c3ccccc3)c12. The molecule has 0 spiro atoms. The van der Waals surface area contributed by atoms with Crippen LogP contribution in [0.2, 0.25) is 0 Å². The van der Waals surface area contributed by atoms with Gasteiger partial charge >= 0.3 is 0 Å². The van der Waals surface area contributed by atoms with Crippen molar-refractivity contribution >= 4 is 27.1 Å². The average Bonchev–Trinajstić information content (AvgIpc) is 2.98. The summed E-state index contributed by atoms with van der Waals surface area (Å²) in [4.78, 5) is 14.6. The second-order valence-corrected chi connectivity index (χ2v) is 9.73. The van der Waals surface area contributed by atoms with Crippen molar-refractivity contribution in [3.8, 4) is 33.5 Å². The Labute approximate surface area is 221 Å². The Kier molecular flexibility index (Phi) is 5.19. The van der Waals surface area contributed by atoms with Crippen LogP contribution < -0.4 is 5.56 Å². The van der Waals surface area contributed by atoms with Crippen LogP contribution in [0.1, 0.15) is 5.56 Å². The summed E-state index contributed by atoms with van der Waals surface area (Å²) < 4.78 is 1.98. The summed E-state index contributed by atoms with van der Waals surface area (Å²) in [7, 11) is 0. The third-order valence-electron chi connectivity index (χ3n) is 7.50. The van der Waals surface area contributed by atoms with Crippen molar-refractivity contribution in [2.24, 2.45) is 0 Å². The highest BCUT2D eigenvalue weighted by Crippen LogP contribution is 2.44. The molecule has 5 aromatic carbocycles. The average molecular weight is 488 g/mol.